The zero-order valence-corrected chi connectivity index (χ0v) is 7.24. The molecule has 0 aromatic carbocycles. The summed E-state index contributed by atoms with van der Waals surface area (Å²) in [7, 11) is 0. The second kappa shape index (κ2) is 2.70. The summed E-state index contributed by atoms with van der Waals surface area (Å²) >= 11 is 0. The predicted molar refractivity (Wildman–Crippen MR) is 46.1 cm³/mol. The number of rotatable bonds is 1. The van der Waals surface area contributed by atoms with Crippen LogP contribution in [0.15, 0.2) is 11.0 Å². The highest BCUT2D eigenvalue weighted by atomic mass is 16.1. The molecule has 2 unspecified atom stereocenters. The van der Waals surface area contributed by atoms with Crippen molar-refractivity contribution in [2.45, 2.75) is 19.3 Å². The molecular weight excluding hydrogens is 166 g/mol. The summed E-state index contributed by atoms with van der Waals surface area (Å²) in [6.07, 6.45) is 2.42. The highest BCUT2D eigenvalue weighted by molar-refractivity contribution is 5.23. The Hall–Kier alpha value is -1.63. The highest BCUT2D eigenvalue weighted by Gasteiger charge is 2.36. The Labute approximate surface area is 75.2 Å². The minimum Gasteiger partial charge on any atom is -0.309 e. The molecule has 0 amide bonds. The van der Waals surface area contributed by atoms with E-state index in [9.17, 15) is 4.79 Å². The lowest BCUT2D eigenvalue weighted by Gasteiger charge is -1.96. The van der Waals surface area contributed by atoms with Gasteiger partial charge in [-0.25, -0.2) is 4.98 Å². The first-order valence-electron chi connectivity index (χ1n) is 4.21. The molecule has 2 rings (SSSR count). The summed E-state index contributed by atoms with van der Waals surface area (Å²) in [4.78, 5) is 17.9. The van der Waals surface area contributed by atoms with Crippen LogP contribution >= 0.6 is 0 Å². The first-order valence-corrected chi connectivity index (χ1v) is 4.21. The molecular formula is C9H9N3O. The average Bonchev–Trinajstić information content (AvgIpc) is 2.82. The maximum Gasteiger partial charge on any atom is 0.268 e. The van der Waals surface area contributed by atoms with E-state index in [4.69, 9.17) is 5.26 Å². The molecule has 2 atom stereocenters. The zero-order valence-electron chi connectivity index (χ0n) is 7.24. The van der Waals surface area contributed by atoms with E-state index in [2.05, 4.69) is 16.9 Å². The van der Waals surface area contributed by atoms with Crippen molar-refractivity contribution in [1.82, 2.24) is 9.97 Å². The van der Waals surface area contributed by atoms with E-state index in [1.54, 1.807) is 6.07 Å². The van der Waals surface area contributed by atoms with Crippen molar-refractivity contribution < 1.29 is 0 Å². The van der Waals surface area contributed by atoms with Gasteiger partial charge in [-0.1, -0.05) is 6.92 Å². The van der Waals surface area contributed by atoms with Crippen LogP contribution in [0.3, 0.4) is 0 Å². The summed E-state index contributed by atoms with van der Waals surface area (Å²) in [5.41, 5.74) is -0.247. The summed E-state index contributed by atoms with van der Waals surface area (Å²) in [6.45, 7) is 2.11. The Morgan fingerprint density at radius 1 is 1.77 bits per heavy atom. The fourth-order valence-electron chi connectivity index (χ4n) is 1.38. The second-order valence-electron chi connectivity index (χ2n) is 3.44. The molecule has 1 saturated carbocycles. The van der Waals surface area contributed by atoms with E-state index in [0.717, 1.165) is 12.2 Å². The minimum absolute atomic E-state index is 0.0806. The predicted octanol–water partition coefficient (Wildman–Crippen LogP) is 0.765. The number of aromatic amines is 1. The molecule has 1 aliphatic rings. The largest absolute Gasteiger partial charge is 0.309 e. The number of hydrogen-bond acceptors (Lipinski definition) is 3. The topological polar surface area (TPSA) is 69.5 Å². The minimum atomic E-state index is -0.327. The normalized spacial score (nSPS) is 25.2. The number of hydrogen-bond donors (Lipinski definition) is 1. The number of nitrogens with one attached hydrogen (secondary N) is 1. The van der Waals surface area contributed by atoms with Crippen LogP contribution in [0.4, 0.5) is 0 Å². The molecule has 0 saturated heterocycles. The van der Waals surface area contributed by atoms with Crippen molar-refractivity contribution in [2.24, 2.45) is 5.92 Å². The summed E-state index contributed by atoms with van der Waals surface area (Å²) in [6, 6.07) is 1.79. The van der Waals surface area contributed by atoms with E-state index >= 15 is 0 Å². The fourth-order valence-corrected chi connectivity index (χ4v) is 1.38. The first kappa shape index (κ1) is 7.99. The van der Waals surface area contributed by atoms with Gasteiger partial charge < -0.3 is 4.98 Å². The van der Waals surface area contributed by atoms with Gasteiger partial charge in [-0.3, -0.25) is 4.79 Å². The molecule has 4 heteroatoms. The third-order valence-corrected chi connectivity index (χ3v) is 2.40. The smallest absolute Gasteiger partial charge is 0.268 e. The van der Waals surface area contributed by atoms with Crippen LogP contribution in [0.1, 0.15) is 30.7 Å². The Balaban J connectivity index is 2.38. The number of nitrogens with zero attached hydrogens (tertiary/aromatic N) is 2. The van der Waals surface area contributed by atoms with E-state index < -0.39 is 0 Å². The van der Waals surface area contributed by atoms with E-state index in [0.29, 0.717) is 11.8 Å². The summed E-state index contributed by atoms with van der Waals surface area (Å²) in [5, 5.41) is 8.51. The molecule has 1 aliphatic carbocycles. The van der Waals surface area contributed by atoms with Gasteiger partial charge in [0.1, 0.15) is 17.5 Å². The summed E-state index contributed by atoms with van der Waals surface area (Å²) < 4.78 is 0. The van der Waals surface area contributed by atoms with Crippen molar-refractivity contribution in [2.75, 3.05) is 0 Å². The molecule has 13 heavy (non-hydrogen) atoms. The van der Waals surface area contributed by atoms with Crippen LogP contribution < -0.4 is 5.56 Å². The molecule has 4 nitrogen and oxygen atoms in total. The van der Waals surface area contributed by atoms with E-state index in [1.165, 1.54) is 6.20 Å². The van der Waals surface area contributed by atoms with Gasteiger partial charge in [0.05, 0.1) is 6.20 Å². The standard InChI is InChI=1S/C9H9N3O/c1-5-2-7(5)8-11-4-6(3-10)9(13)12-8/h4-5,7H,2H2,1H3,(H,11,12,13). The van der Waals surface area contributed by atoms with Gasteiger partial charge in [0.2, 0.25) is 0 Å². The van der Waals surface area contributed by atoms with Gasteiger partial charge in [-0.05, 0) is 12.3 Å². The molecule has 0 aliphatic heterocycles. The van der Waals surface area contributed by atoms with Crippen LogP contribution in [0, 0.1) is 17.2 Å². The fraction of sp³-hybridized carbons (Fsp3) is 0.444. The van der Waals surface area contributed by atoms with Crippen LogP contribution in [-0.4, -0.2) is 9.97 Å². The Bertz CT molecular complexity index is 429. The van der Waals surface area contributed by atoms with Gasteiger partial charge in [0, 0.05) is 5.92 Å². The molecule has 0 spiro atoms. The molecule has 1 N–H and O–H groups in total. The molecule has 1 fully saturated rings. The Morgan fingerprint density at radius 3 is 2.92 bits per heavy atom. The Kier molecular flexibility index (Phi) is 1.66. The Morgan fingerprint density at radius 2 is 2.46 bits per heavy atom. The lowest BCUT2D eigenvalue weighted by atomic mass is 10.3. The molecule has 0 bridgehead atoms. The molecule has 1 aromatic heterocycles. The molecule has 66 valence electrons. The van der Waals surface area contributed by atoms with Gasteiger partial charge in [-0.2, -0.15) is 5.26 Å². The maximum atomic E-state index is 11.2. The number of H-pyrrole nitrogens is 1. The second-order valence-corrected chi connectivity index (χ2v) is 3.44. The zero-order chi connectivity index (χ0) is 9.42. The lowest BCUT2D eigenvalue weighted by Crippen LogP contribution is -2.13. The van der Waals surface area contributed by atoms with Crippen LogP contribution in [0.5, 0.6) is 0 Å². The molecule has 0 radical (unpaired) electrons. The maximum absolute atomic E-state index is 11.2. The van der Waals surface area contributed by atoms with Crippen LogP contribution in [0.25, 0.3) is 0 Å². The number of aromatic nitrogens is 2. The van der Waals surface area contributed by atoms with Gasteiger partial charge in [0.25, 0.3) is 5.56 Å². The van der Waals surface area contributed by atoms with Crippen molar-refractivity contribution >= 4 is 0 Å². The van der Waals surface area contributed by atoms with Crippen molar-refractivity contribution in [3.05, 3.63) is 27.9 Å². The van der Waals surface area contributed by atoms with E-state index in [1.807, 2.05) is 0 Å². The quantitative estimate of drug-likeness (QED) is 0.685. The SMILES string of the molecule is CC1CC1c1ncc(C#N)c(=O)[nH]1. The number of nitriles is 1. The lowest BCUT2D eigenvalue weighted by molar-refractivity contribution is 0.831. The third-order valence-electron chi connectivity index (χ3n) is 2.40. The highest BCUT2D eigenvalue weighted by Crippen LogP contribution is 2.44. The first-order chi connectivity index (χ1) is 6.22. The van der Waals surface area contributed by atoms with E-state index in [-0.39, 0.29) is 11.1 Å². The van der Waals surface area contributed by atoms with Crippen LogP contribution in [-0.2, 0) is 0 Å². The van der Waals surface area contributed by atoms with Crippen molar-refractivity contribution in [1.29, 1.82) is 5.26 Å². The van der Waals surface area contributed by atoms with Gasteiger partial charge in [0.15, 0.2) is 0 Å². The van der Waals surface area contributed by atoms with Gasteiger partial charge in [-0.15, -0.1) is 0 Å². The average molecular weight is 175 g/mol. The van der Waals surface area contributed by atoms with Crippen molar-refractivity contribution in [3.63, 3.8) is 0 Å². The monoisotopic (exact) mass is 175 g/mol. The summed E-state index contributed by atoms with van der Waals surface area (Å²) in [5.74, 6) is 1.72. The molecule has 1 aromatic rings. The van der Waals surface area contributed by atoms with Crippen molar-refractivity contribution in [3.8, 4) is 6.07 Å². The third kappa shape index (κ3) is 1.33. The van der Waals surface area contributed by atoms with Crippen LogP contribution in [0.2, 0.25) is 0 Å². The van der Waals surface area contributed by atoms with Gasteiger partial charge >= 0.3 is 0 Å². The molecule has 1 heterocycles.